The molecule has 0 saturated heterocycles. The molecule has 0 bridgehead atoms. The van der Waals surface area contributed by atoms with Crippen molar-refractivity contribution in [2.24, 2.45) is 0 Å². The lowest BCUT2D eigenvalue weighted by atomic mass is 10.1. The van der Waals surface area contributed by atoms with Crippen molar-refractivity contribution < 1.29 is 4.79 Å². The number of hydrogen-bond donors (Lipinski definition) is 2. The van der Waals surface area contributed by atoms with E-state index in [1.54, 1.807) is 30.9 Å². The molecule has 0 aliphatic heterocycles. The Morgan fingerprint density at radius 1 is 1.00 bits per heavy atom. The number of carbonyl (C=O) groups is 1. The molecular weight excluding hydrogens is 348 g/mol. The van der Waals surface area contributed by atoms with Crippen LogP contribution in [0.4, 0.5) is 5.69 Å². The minimum absolute atomic E-state index is 0.159. The van der Waals surface area contributed by atoms with Crippen molar-refractivity contribution >= 4 is 23.2 Å². The summed E-state index contributed by atoms with van der Waals surface area (Å²) in [7, 11) is 0. The smallest absolute Gasteiger partial charge is 0.253 e. The molecule has 0 aliphatic rings. The van der Waals surface area contributed by atoms with E-state index in [-0.39, 0.29) is 5.91 Å². The Morgan fingerprint density at radius 2 is 1.85 bits per heavy atom. The zero-order valence-electron chi connectivity index (χ0n) is 14.2. The monoisotopic (exact) mass is 366 g/mol. The number of amides is 1. The fourth-order valence-corrected chi connectivity index (χ4v) is 2.70. The number of aromatic nitrogens is 2. The molecule has 0 aliphatic carbocycles. The van der Waals surface area contributed by atoms with Crippen LogP contribution in [0.3, 0.4) is 0 Å². The minimum Gasteiger partial charge on any atom is -0.383 e. The lowest BCUT2D eigenvalue weighted by Gasteiger charge is -2.09. The van der Waals surface area contributed by atoms with Gasteiger partial charge in [-0.15, -0.1) is 0 Å². The number of hydrogen-bond acceptors (Lipinski definition) is 4. The molecule has 0 radical (unpaired) electrons. The van der Waals surface area contributed by atoms with E-state index in [9.17, 15) is 4.79 Å². The molecule has 3 rings (SSSR count). The van der Waals surface area contributed by atoms with Gasteiger partial charge in [0.1, 0.15) is 0 Å². The van der Waals surface area contributed by atoms with Gasteiger partial charge in [-0.25, -0.2) is 0 Å². The molecule has 0 atom stereocenters. The predicted molar refractivity (Wildman–Crippen MR) is 103 cm³/mol. The van der Waals surface area contributed by atoms with E-state index in [2.05, 4.69) is 20.6 Å². The van der Waals surface area contributed by atoms with Crippen LogP contribution in [0, 0.1) is 0 Å². The third-order valence-corrected chi connectivity index (χ3v) is 4.07. The fraction of sp³-hybridized carbons (Fsp3) is 0.150. The average molecular weight is 367 g/mol. The molecule has 6 heteroatoms. The van der Waals surface area contributed by atoms with Crippen molar-refractivity contribution in [2.75, 3.05) is 11.9 Å². The molecule has 132 valence electrons. The Hall–Kier alpha value is -2.92. The van der Waals surface area contributed by atoms with E-state index in [0.29, 0.717) is 12.1 Å². The first-order valence-corrected chi connectivity index (χ1v) is 8.69. The first-order chi connectivity index (χ1) is 12.7. The average Bonchev–Trinajstić information content (AvgIpc) is 2.67. The third kappa shape index (κ3) is 5.29. The molecule has 0 spiro atoms. The standard InChI is InChI=1S/C20H19ClN4O/c21-18-3-1-2-15(10-18)6-9-24-19-11-17(13-23-14-19)20(26)25-12-16-4-7-22-8-5-16/h1-5,7-8,10-11,13-14,24H,6,9,12H2,(H,25,26). The molecule has 0 fully saturated rings. The maximum Gasteiger partial charge on any atom is 0.253 e. The second-order valence-corrected chi connectivity index (χ2v) is 6.24. The van der Waals surface area contributed by atoms with E-state index >= 15 is 0 Å². The van der Waals surface area contributed by atoms with Gasteiger partial charge >= 0.3 is 0 Å². The Kier molecular flexibility index (Phi) is 6.17. The van der Waals surface area contributed by atoms with Gasteiger partial charge in [-0.1, -0.05) is 23.7 Å². The van der Waals surface area contributed by atoms with E-state index in [1.807, 2.05) is 36.4 Å². The first kappa shape index (κ1) is 17.9. The van der Waals surface area contributed by atoms with E-state index < -0.39 is 0 Å². The normalized spacial score (nSPS) is 10.3. The highest BCUT2D eigenvalue weighted by atomic mass is 35.5. The maximum absolute atomic E-state index is 12.3. The van der Waals surface area contributed by atoms with Gasteiger partial charge in [0, 0.05) is 42.9 Å². The lowest BCUT2D eigenvalue weighted by molar-refractivity contribution is 0.0950. The Labute approximate surface area is 157 Å². The van der Waals surface area contributed by atoms with Crippen LogP contribution in [0.1, 0.15) is 21.5 Å². The molecule has 1 amide bonds. The highest BCUT2D eigenvalue weighted by Gasteiger charge is 2.07. The van der Waals surface area contributed by atoms with Crippen molar-refractivity contribution in [3.05, 3.63) is 89.0 Å². The van der Waals surface area contributed by atoms with Gasteiger partial charge < -0.3 is 10.6 Å². The first-order valence-electron chi connectivity index (χ1n) is 8.31. The van der Waals surface area contributed by atoms with Gasteiger partial charge in [0.2, 0.25) is 0 Å². The van der Waals surface area contributed by atoms with Gasteiger partial charge in [0.05, 0.1) is 11.3 Å². The van der Waals surface area contributed by atoms with Crippen LogP contribution in [0.25, 0.3) is 0 Å². The highest BCUT2D eigenvalue weighted by molar-refractivity contribution is 6.30. The number of anilines is 1. The SMILES string of the molecule is O=C(NCc1ccncc1)c1cncc(NCCc2cccc(Cl)c2)c1. The molecule has 0 saturated carbocycles. The predicted octanol–water partition coefficient (Wildman–Crippen LogP) is 3.71. The molecule has 0 unspecified atom stereocenters. The lowest BCUT2D eigenvalue weighted by Crippen LogP contribution is -2.23. The third-order valence-electron chi connectivity index (χ3n) is 3.83. The van der Waals surface area contributed by atoms with Crippen LogP contribution in [0.2, 0.25) is 5.02 Å². The maximum atomic E-state index is 12.3. The van der Waals surface area contributed by atoms with Gasteiger partial charge in [0.15, 0.2) is 0 Å². The van der Waals surface area contributed by atoms with Gasteiger partial charge in [-0.3, -0.25) is 14.8 Å². The summed E-state index contributed by atoms with van der Waals surface area (Å²) in [6.45, 7) is 1.18. The van der Waals surface area contributed by atoms with Crippen molar-refractivity contribution in [1.82, 2.24) is 15.3 Å². The second kappa shape index (κ2) is 8.97. The van der Waals surface area contributed by atoms with E-state index in [0.717, 1.165) is 34.8 Å². The van der Waals surface area contributed by atoms with Crippen LogP contribution in [-0.4, -0.2) is 22.4 Å². The minimum atomic E-state index is -0.159. The number of rotatable bonds is 7. The number of carbonyl (C=O) groups excluding carboxylic acids is 1. The largest absolute Gasteiger partial charge is 0.383 e. The topological polar surface area (TPSA) is 66.9 Å². The van der Waals surface area contributed by atoms with Crippen LogP contribution in [0.5, 0.6) is 0 Å². The highest BCUT2D eigenvalue weighted by Crippen LogP contribution is 2.12. The van der Waals surface area contributed by atoms with Crippen molar-refractivity contribution in [3.63, 3.8) is 0 Å². The molecule has 5 nitrogen and oxygen atoms in total. The molecule has 2 heterocycles. The summed E-state index contributed by atoms with van der Waals surface area (Å²) in [4.78, 5) is 20.4. The Balaban J connectivity index is 1.53. The van der Waals surface area contributed by atoms with Crippen LogP contribution in [0.15, 0.2) is 67.3 Å². The van der Waals surface area contributed by atoms with Crippen molar-refractivity contribution in [1.29, 1.82) is 0 Å². The molecular formula is C20H19ClN4O. The van der Waals surface area contributed by atoms with Crippen molar-refractivity contribution in [2.45, 2.75) is 13.0 Å². The number of benzene rings is 1. The van der Waals surface area contributed by atoms with Crippen LogP contribution in [-0.2, 0) is 13.0 Å². The van der Waals surface area contributed by atoms with Crippen molar-refractivity contribution in [3.8, 4) is 0 Å². The van der Waals surface area contributed by atoms with Gasteiger partial charge in [-0.2, -0.15) is 0 Å². The molecule has 2 aromatic heterocycles. The number of nitrogens with zero attached hydrogens (tertiary/aromatic N) is 2. The number of halogens is 1. The Bertz CT molecular complexity index is 870. The quantitative estimate of drug-likeness (QED) is 0.668. The summed E-state index contributed by atoms with van der Waals surface area (Å²) in [5.74, 6) is -0.159. The zero-order chi connectivity index (χ0) is 18.2. The molecule has 26 heavy (non-hydrogen) atoms. The summed E-state index contributed by atoms with van der Waals surface area (Å²) in [5.41, 5.74) is 3.48. The summed E-state index contributed by atoms with van der Waals surface area (Å²) >= 11 is 5.99. The molecule has 3 aromatic rings. The zero-order valence-corrected chi connectivity index (χ0v) is 14.9. The number of nitrogens with one attached hydrogen (secondary N) is 2. The van der Waals surface area contributed by atoms with E-state index in [1.165, 1.54) is 0 Å². The second-order valence-electron chi connectivity index (χ2n) is 5.81. The summed E-state index contributed by atoms with van der Waals surface area (Å²) in [5, 5.41) is 6.90. The van der Waals surface area contributed by atoms with Crippen LogP contribution < -0.4 is 10.6 Å². The van der Waals surface area contributed by atoms with Gasteiger partial charge in [0.25, 0.3) is 5.91 Å². The number of pyridine rings is 2. The molecule has 2 N–H and O–H groups in total. The summed E-state index contributed by atoms with van der Waals surface area (Å²) < 4.78 is 0. The van der Waals surface area contributed by atoms with Crippen LogP contribution >= 0.6 is 11.6 Å². The summed E-state index contributed by atoms with van der Waals surface area (Å²) in [6, 6.07) is 13.3. The Morgan fingerprint density at radius 3 is 2.65 bits per heavy atom. The molecule has 1 aromatic carbocycles. The van der Waals surface area contributed by atoms with Gasteiger partial charge in [-0.05, 0) is 47.9 Å². The van der Waals surface area contributed by atoms with E-state index in [4.69, 9.17) is 11.6 Å². The summed E-state index contributed by atoms with van der Waals surface area (Å²) in [6.07, 6.45) is 7.50. The fourth-order valence-electron chi connectivity index (χ4n) is 2.49.